The van der Waals surface area contributed by atoms with Crippen LogP contribution >= 0.6 is 0 Å². The molecule has 2 aromatic heterocycles. The van der Waals surface area contributed by atoms with E-state index >= 15 is 0 Å². The summed E-state index contributed by atoms with van der Waals surface area (Å²) in [5.74, 6) is 1.67. The highest BCUT2D eigenvalue weighted by atomic mass is 16.5. The van der Waals surface area contributed by atoms with Gasteiger partial charge in [0.25, 0.3) is 0 Å². The average molecular weight is 727 g/mol. The van der Waals surface area contributed by atoms with Crippen molar-refractivity contribution in [2.75, 3.05) is 70.3 Å². The SMILES string of the molecule is CC.CCC(C=O)(CC)CC.CCc1cnc(NC(=O)C(C)(CC)CC)cc1CN1CCOCC1.CCc1cnc(NC)cc1CN1CCOCC1. The number of hydrogen-bond donors (Lipinski definition) is 2. The standard InChI is InChI=1S/C19H31N3O2.C13H21N3O.C8H16O.C2H6/c1-5-15-13-20-17(21-18(23)19(4,6-2)7-3)12-16(15)14-22-8-10-24-11-9-22;1-3-11-9-15-13(14-2)8-12(11)10-16-4-6-17-7-5-16;1-4-8(5-2,6-3)7-9;1-2/h12-13H,5-11,14H2,1-4H3,(H,20,21,23);8-9H,3-7,10H2,1-2H3,(H,14,15);7H,4-6H2,1-3H3;1-2H3. The number of aldehydes is 1. The minimum Gasteiger partial charge on any atom is -0.379 e. The highest BCUT2D eigenvalue weighted by Gasteiger charge is 2.29. The number of nitrogens with one attached hydrogen (secondary N) is 2. The fourth-order valence-corrected chi connectivity index (χ4v) is 6.03. The monoisotopic (exact) mass is 727 g/mol. The zero-order chi connectivity index (χ0) is 39.0. The molecule has 2 fully saturated rings. The van der Waals surface area contributed by atoms with E-state index in [-0.39, 0.29) is 16.7 Å². The van der Waals surface area contributed by atoms with Gasteiger partial charge >= 0.3 is 0 Å². The van der Waals surface area contributed by atoms with Crippen molar-refractivity contribution in [2.24, 2.45) is 10.8 Å². The molecule has 0 radical (unpaired) electrons. The summed E-state index contributed by atoms with van der Waals surface area (Å²) >= 11 is 0. The number of amides is 1. The number of nitrogens with zero attached hydrogens (tertiary/aromatic N) is 4. The molecule has 4 rings (SSSR count). The highest BCUT2D eigenvalue weighted by Crippen LogP contribution is 2.28. The number of pyridine rings is 2. The Morgan fingerprint density at radius 3 is 1.44 bits per heavy atom. The summed E-state index contributed by atoms with van der Waals surface area (Å²) in [7, 11) is 1.91. The molecule has 0 aliphatic carbocycles. The second-order valence-electron chi connectivity index (χ2n) is 13.7. The van der Waals surface area contributed by atoms with Gasteiger partial charge in [0, 0.05) is 69.5 Å². The van der Waals surface area contributed by atoms with Crippen molar-refractivity contribution in [3.05, 3.63) is 46.8 Å². The second-order valence-corrected chi connectivity index (χ2v) is 13.7. The number of carbonyl (C=O) groups excluding carboxylic acids is 2. The Hall–Kier alpha value is -2.92. The van der Waals surface area contributed by atoms with Gasteiger partial charge in [0.15, 0.2) is 0 Å². The van der Waals surface area contributed by atoms with Gasteiger partial charge in [-0.15, -0.1) is 0 Å². The zero-order valence-corrected chi connectivity index (χ0v) is 34.8. The van der Waals surface area contributed by atoms with Gasteiger partial charge in [-0.2, -0.15) is 0 Å². The van der Waals surface area contributed by atoms with Crippen LogP contribution in [0.4, 0.5) is 11.6 Å². The van der Waals surface area contributed by atoms with Crippen LogP contribution < -0.4 is 10.6 Å². The van der Waals surface area contributed by atoms with Crippen LogP contribution in [0.3, 0.4) is 0 Å². The van der Waals surface area contributed by atoms with E-state index in [1.807, 2.05) is 46.3 Å². The summed E-state index contributed by atoms with van der Waals surface area (Å²) in [6.07, 6.45) is 11.6. The first-order valence-electron chi connectivity index (χ1n) is 20.1. The smallest absolute Gasteiger partial charge is 0.231 e. The summed E-state index contributed by atoms with van der Waals surface area (Å²) in [5, 5.41) is 6.12. The lowest BCUT2D eigenvalue weighted by molar-refractivity contribution is -0.125. The molecule has 0 bridgehead atoms. The third-order valence-electron chi connectivity index (χ3n) is 10.9. The first kappa shape index (κ1) is 47.1. The van der Waals surface area contributed by atoms with E-state index in [0.717, 1.165) is 123 Å². The third kappa shape index (κ3) is 15.2. The molecule has 2 saturated heterocycles. The summed E-state index contributed by atoms with van der Waals surface area (Å²) in [4.78, 5) is 36.7. The Kier molecular flexibility index (Phi) is 23.5. The molecule has 0 unspecified atom stereocenters. The lowest BCUT2D eigenvalue weighted by Gasteiger charge is -2.28. The summed E-state index contributed by atoms with van der Waals surface area (Å²) in [6, 6.07) is 4.20. The Labute approximate surface area is 317 Å². The molecule has 4 heterocycles. The minimum absolute atomic E-state index is 0.0139. The van der Waals surface area contributed by atoms with E-state index in [4.69, 9.17) is 9.47 Å². The highest BCUT2D eigenvalue weighted by molar-refractivity contribution is 5.94. The second kappa shape index (κ2) is 26.0. The van der Waals surface area contributed by atoms with Gasteiger partial charge in [-0.3, -0.25) is 14.6 Å². The van der Waals surface area contributed by atoms with Gasteiger partial charge in [0.05, 0.1) is 26.4 Å². The third-order valence-corrected chi connectivity index (χ3v) is 10.9. The molecule has 296 valence electrons. The number of anilines is 2. The molecule has 0 aromatic carbocycles. The molecule has 10 heteroatoms. The Morgan fingerprint density at radius 1 is 0.712 bits per heavy atom. The maximum atomic E-state index is 12.6. The van der Waals surface area contributed by atoms with E-state index in [0.29, 0.717) is 5.82 Å². The minimum atomic E-state index is -0.338. The Bertz CT molecular complexity index is 1260. The Balaban J connectivity index is 0.000000419. The van der Waals surface area contributed by atoms with Gasteiger partial charge in [-0.25, -0.2) is 9.97 Å². The number of aryl methyl sites for hydroxylation is 2. The van der Waals surface area contributed by atoms with Crippen molar-refractivity contribution in [1.29, 1.82) is 0 Å². The number of carbonyl (C=O) groups is 2. The number of hydrogen-bond acceptors (Lipinski definition) is 9. The fourth-order valence-electron chi connectivity index (χ4n) is 6.03. The fraction of sp³-hybridized carbons (Fsp3) is 0.714. The van der Waals surface area contributed by atoms with Gasteiger partial charge in [-0.05, 0) is 79.3 Å². The largest absolute Gasteiger partial charge is 0.379 e. The number of rotatable bonds is 15. The maximum absolute atomic E-state index is 12.6. The first-order chi connectivity index (χ1) is 25.1. The molecular weight excluding hydrogens is 652 g/mol. The van der Waals surface area contributed by atoms with Crippen LogP contribution in [-0.4, -0.2) is 91.6 Å². The van der Waals surface area contributed by atoms with E-state index in [9.17, 15) is 9.59 Å². The van der Waals surface area contributed by atoms with Crippen LogP contribution in [0.25, 0.3) is 0 Å². The van der Waals surface area contributed by atoms with Gasteiger partial charge in [-0.1, -0.05) is 69.2 Å². The van der Waals surface area contributed by atoms with Crippen molar-refractivity contribution < 1.29 is 19.1 Å². The van der Waals surface area contributed by atoms with Gasteiger partial charge in [0.2, 0.25) is 5.91 Å². The average Bonchev–Trinajstić information content (AvgIpc) is 3.20. The summed E-state index contributed by atoms with van der Waals surface area (Å²) in [5.41, 5.74) is 4.87. The van der Waals surface area contributed by atoms with Gasteiger partial charge < -0.3 is 24.9 Å². The molecule has 52 heavy (non-hydrogen) atoms. The number of aromatic nitrogens is 2. The number of morpholine rings is 2. The van der Waals surface area contributed by atoms with Crippen molar-refractivity contribution in [3.63, 3.8) is 0 Å². The maximum Gasteiger partial charge on any atom is 0.231 e. The van der Waals surface area contributed by atoms with Crippen LogP contribution in [0.15, 0.2) is 24.5 Å². The lowest BCUT2D eigenvalue weighted by atomic mass is 9.82. The summed E-state index contributed by atoms with van der Waals surface area (Å²) < 4.78 is 10.8. The number of ether oxygens (including phenoxy) is 2. The quantitative estimate of drug-likeness (QED) is 0.176. The van der Waals surface area contributed by atoms with Crippen molar-refractivity contribution >= 4 is 23.8 Å². The normalized spacial score (nSPS) is 15.1. The molecular formula is C42H74N6O4. The molecule has 0 saturated carbocycles. The summed E-state index contributed by atoms with van der Waals surface area (Å²) in [6.45, 7) is 29.8. The van der Waals surface area contributed by atoms with Crippen molar-refractivity contribution in [1.82, 2.24) is 19.8 Å². The predicted molar refractivity (Wildman–Crippen MR) is 217 cm³/mol. The van der Waals surface area contributed by atoms with Gasteiger partial charge in [0.1, 0.15) is 17.9 Å². The molecule has 1 amide bonds. The van der Waals surface area contributed by atoms with Crippen LogP contribution in [0, 0.1) is 10.8 Å². The van der Waals surface area contributed by atoms with Crippen molar-refractivity contribution in [3.8, 4) is 0 Å². The molecule has 2 aliphatic rings. The van der Waals surface area contributed by atoms with E-state index < -0.39 is 0 Å². The zero-order valence-electron chi connectivity index (χ0n) is 34.8. The Morgan fingerprint density at radius 2 is 1.12 bits per heavy atom. The predicted octanol–water partition coefficient (Wildman–Crippen LogP) is 8.19. The van der Waals surface area contributed by atoms with E-state index in [1.165, 1.54) is 22.3 Å². The van der Waals surface area contributed by atoms with E-state index in [1.54, 1.807) is 0 Å². The first-order valence-corrected chi connectivity index (χ1v) is 20.1. The molecule has 0 spiro atoms. The van der Waals surface area contributed by atoms with Crippen LogP contribution in [0.2, 0.25) is 0 Å². The van der Waals surface area contributed by atoms with Crippen LogP contribution in [0.1, 0.15) is 124 Å². The molecule has 2 aromatic rings. The molecule has 0 atom stereocenters. The molecule has 2 N–H and O–H groups in total. The topological polar surface area (TPSA) is 109 Å². The lowest BCUT2D eigenvalue weighted by Crippen LogP contribution is -2.36. The molecule has 10 nitrogen and oxygen atoms in total. The van der Waals surface area contributed by atoms with Crippen LogP contribution in [-0.2, 0) is 45.0 Å². The van der Waals surface area contributed by atoms with E-state index in [2.05, 4.69) is 84.9 Å². The molecule has 2 aliphatic heterocycles. The van der Waals surface area contributed by atoms with Crippen molar-refractivity contribution in [2.45, 2.75) is 127 Å². The van der Waals surface area contributed by atoms with Crippen LogP contribution in [0.5, 0.6) is 0 Å².